The molecule has 3 aromatic carbocycles. The third-order valence-corrected chi connectivity index (χ3v) is 7.57. The van der Waals surface area contributed by atoms with Gasteiger partial charge in [-0.15, -0.1) is 0 Å². The van der Waals surface area contributed by atoms with Crippen molar-refractivity contribution in [3.05, 3.63) is 100 Å². The summed E-state index contributed by atoms with van der Waals surface area (Å²) in [5.41, 5.74) is 7.40. The van der Waals surface area contributed by atoms with Gasteiger partial charge in [-0.05, 0) is 93.7 Å². The minimum absolute atomic E-state index is 0.670. The summed E-state index contributed by atoms with van der Waals surface area (Å²) in [5, 5.41) is 14.7. The second-order valence-electron chi connectivity index (χ2n) is 10.7. The van der Waals surface area contributed by atoms with Crippen molar-refractivity contribution >= 4 is 23.1 Å². The van der Waals surface area contributed by atoms with E-state index in [2.05, 4.69) is 89.7 Å². The number of aromatic nitrogens is 1. The van der Waals surface area contributed by atoms with Gasteiger partial charge in [0.25, 0.3) is 0 Å². The normalized spacial score (nSPS) is 15.0. The highest BCUT2D eigenvalue weighted by Gasteiger charge is 2.21. The van der Waals surface area contributed by atoms with Gasteiger partial charge < -0.3 is 9.42 Å². The van der Waals surface area contributed by atoms with Crippen molar-refractivity contribution in [2.75, 3.05) is 27.2 Å². The van der Waals surface area contributed by atoms with Gasteiger partial charge in [0.2, 0.25) is 0 Å². The average Bonchev–Trinajstić information content (AvgIpc) is 3.36. The predicted octanol–water partition coefficient (Wildman–Crippen LogP) is 6.78. The van der Waals surface area contributed by atoms with E-state index in [1.54, 1.807) is 0 Å². The third kappa shape index (κ3) is 6.39. The summed E-state index contributed by atoms with van der Waals surface area (Å²) >= 11 is 0. The first-order valence-electron chi connectivity index (χ1n) is 13.6. The van der Waals surface area contributed by atoms with E-state index < -0.39 is 0 Å². The fraction of sp³-hybridized carbons (Fsp3) is 0.333. The van der Waals surface area contributed by atoms with Crippen LogP contribution in [0, 0.1) is 17.2 Å². The van der Waals surface area contributed by atoms with Gasteiger partial charge in [0.05, 0.1) is 17.3 Å². The Bertz CT molecular complexity index is 1410. The molecule has 0 bridgehead atoms. The molecule has 0 N–H and O–H groups in total. The van der Waals surface area contributed by atoms with Gasteiger partial charge in [-0.2, -0.15) is 5.26 Å². The van der Waals surface area contributed by atoms with E-state index in [1.165, 1.54) is 31.5 Å². The van der Waals surface area contributed by atoms with Crippen LogP contribution in [0.15, 0.2) is 71.3 Å². The Morgan fingerprint density at radius 1 is 1.00 bits per heavy atom. The second kappa shape index (κ2) is 12.2. The molecule has 0 saturated carbocycles. The van der Waals surface area contributed by atoms with Crippen molar-refractivity contribution in [2.45, 2.75) is 38.8 Å². The number of fused-ring (bicyclic) bond motifs is 1. The lowest BCUT2D eigenvalue weighted by atomic mass is 9.90. The number of piperidine rings is 1. The van der Waals surface area contributed by atoms with Crippen LogP contribution < -0.4 is 0 Å². The first-order valence-corrected chi connectivity index (χ1v) is 13.6. The Balaban J connectivity index is 1.25. The molecular formula is C33H36N4O. The Morgan fingerprint density at radius 2 is 1.76 bits per heavy atom. The van der Waals surface area contributed by atoms with Crippen LogP contribution in [0.2, 0.25) is 0 Å². The first kappa shape index (κ1) is 25.9. The van der Waals surface area contributed by atoms with Gasteiger partial charge in [0.1, 0.15) is 0 Å². The number of hydrogen-bond acceptors (Lipinski definition) is 5. The highest BCUT2D eigenvalue weighted by atomic mass is 16.5. The van der Waals surface area contributed by atoms with E-state index in [9.17, 15) is 0 Å². The van der Waals surface area contributed by atoms with Gasteiger partial charge in [-0.1, -0.05) is 65.8 Å². The largest absolute Gasteiger partial charge is 0.356 e. The quantitative estimate of drug-likeness (QED) is 0.235. The maximum atomic E-state index is 9.04. The maximum Gasteiger partial charge on any atom is 0.172 e. The van der Waals surface area contributed by atoms with Gasteiger partial charge in [-0.25, -0.2) is 0 Å². The number of nitrogens with zero attached hydrogens (tertiary/aromatic N) is 4. The molecule has 194 valence electrons. The molecule has 1 aromatic heterocycles. The number of aryl methyl sites for hydroxylation is 1. The SMILES string of the molecule is CN(C)Cc1c(C=Cc2ccc(C#N)cc2)ccc2c(CCC3CCN(Cc4ccccc4)CC3)noc12. The van der Waals surface area contributed by atoms with Crippen LogP contribution in [-0.2, 0) is 19.5 Å². The maximum absolute atomic E-state index is 9.04. The lowest BCUT2D eigenvalue weighted by molar-refractivity contribution is 0.172. The topological polar surface area (TPSA) is 56.3 Å². The van der Waals surface area contributed by atoms with Crippen LogP contribution >= 0.6 is 0 Å². The van der Waals surface area contributed by atoms with Crippen LogP contribution in [0.1, 0.15) is 52.8 Å². The fourth-order valence-corrected chi connectivity index (χ4v) is 5.41. The molecule has 0 aliphatic carbocycles. The van der Waals surface area contributed by atoms with E-state index >= 15 is 0 Å². The molecule has 0 spiro atoms. The summed E-state index contributed by atoms with van der Waals surface area (Å²) in [7, 11) is 4.16. The molecule has 1 saturated heterocycles. The molecule has 0 atom stereocenters. The van der Waals surface area contributed by atoms with Crippen LogP contribution in [-0.4, -0.2) is 42.1 Å². The molecule has 0 radical (unpaired) electrons. The lowest BCUT2D eigenvalue weighted by Crippen LogP contribution is -2.33. The van der Waals surface area contributed by atoms with Gasteiger partial charge in [0.15, 0.2) is 5.58 Å². The molecule has 5 heteroatoms. The summed E-state index contributed by atoms with van der Waals surface area (Å²) in [6.45, 7) is 4.17. The number of benzene rings is 3. The molecule has 1 fully saturated rings. The molecule has 0 unspecified atom stereocenters. The molecular weight excluding hydrogens is 468 g/mol. The second-order valence-corrected chi connectivity index (χ2v) is 10.7. The first-order chi connectivity index (χ1) is 18.6. The summed E-state index contributed by atoms with van der Waals surface area (Å²) in [6.07, 6.45) is 8.83. The van der Waals surface area contributed by atoms with Crippen LogP contribution in [0.5, 0.6) is 0 Å². The summed E-state index contributed by atoms with van der Waals surface area (Å²) in [5.74, 6) is 0.740. The van der Waals surface area contributed by atoms with Crippen LogP contribution in [0.25, 0.3) is 23.1 Å². The van der Waals surface area contributed by atoms with Gasteiger partial charge in [-0.3, -0.25) is 4.90 Å². The molecule has 1 aliphatic rings. The van der Waals surface area contributed by atoms with Crippen molar-refractivity contribution in [1.29, 1.82) is 5.26 Å². The van der Waals surface area contributed by atoms with Crippen molar-refractivity contribution in [3.63, 3.8) is 0 Å². The Labute approximate surface area is 226 Å². The zero-order valence-electron chi connectivity index (χ0n) is 22.4. The molecule has 5 rings (SSSR count). The fourth-order valence-electron chi connectivity index (χ4n) is 5.41. The van der Waals surface area contributed by atoms with Crippen molar-refractivity contribution < 1.29 is 4.52 Å². The smallest absolute Gasteiger partial charge is 0.172 e. The molecule has 38 heavy (non-hydrogen) atoms. The number of nitriles is 1. The highest BCUT2D eigenvalue weighted by Crippen LogP contribution is 2.30. The van der Waals surface area contributed by atoms with Crippen molar-refractivity contribution in [2.24, 2.45) is 5.92 Å². The van der Waals surface area contributed by atoms with E-state index in [4.69, 9.17) is 9.78 Å². The van der Waals surface area contributed by atoms with E-state index in [0.29, 0.717) is 5.56 Å². The van der Waals surface area contributed by atoms with Gasteiger partial charge >= 0.3 is 0 Å². The van der Waals surface area contributed by atoms with Gasteiger partial charge in [0, 0.05) is 24.0 Å². The van der Waals surface area contributed by atoms with Crippen molar-refractivity contribution in [3.8, 4) is 6.07 Å². The monoisotopic (exact) mass is 504 g/mol. The van der Waals surface area contributed by atoms with Crippen molar-refractivity contribution in [1.82, 2.24) is 15.0 Å². The number of hydrogen-bond donors (Lipinski definition) is 0. The summed E-state index contributed by atoms with van der Waals surface area (Å²) < 4.78 is 5.97. The molecule has 5 nitrogen and oxygen atoms in total. The zero-order chi connectivity index (χ0) is 26.3. The average molecular weight is 505 g/mol. The zero-order valence-corrected chi connectivity index (χ0v) is 22.4. The molecule has 1 aliphatic heterocycles. The van der Waals surface area contributed by atoms with E-state index in [1.807, 2.05) is 24.3 Å². The minimum Gasteiger partial charge on any atom is -0.356 e. The van der Waals surface area contributed by atoms with E-state index in [-0.39, 0.29) is 0 Å². The van der Waals surface area contributed by atoms with Crippen LogP contribution in [0.4, 0.5) is 0 Å². The Morgan fingerprint density at radius 3 is 2.47 bits per heavy atom. The van der Waals surface area contributed by atoms with Crippen LogP contribution in [0.3, 0.4) is 0 Å². The highest BCUT2D eigenvalue weighted by molar-refractivity contribution is 5.87. The molecule has 0 amide bonds. The number of rotatable bonds is 9. The predicted molar refractivity (Wildman–Crippen MR) is 154 cm³/mol. The number of likely N-dealkylation sites (tertiary alicyclic amines) is 1. The van der Waals surface area contributed by atoms with E-state index in [0.717, 1.165) is 65.2 Å². The summed E-state index contributed by atoms with van der Waals surface area (Å²) in [4.78, 5) is 4.75. The third-order valence-electron chi connectivity index (χ3n) is 7.57. The Kier molecular flexibility index (Phi) is 8.33. The molecule has 2 heterocycles. The lowest BCUT2D eigenvalue weighted by Gasteiger charge is -2.31. The standard InChI is InChI=1S/C33H36N4O/c1-36(2)24-31-29(14-12-25-8-10-27(22-34)11-9-25)15-16-30-32(35-38-33(30)31)17-13-26-18-20-37(21-19-26)23-28-6-4-3-5-7-28/h3-12,14-16,26H,13,17-21,23-24H2,1-2H3. The summed E-state index contributed by atoms with van der Waals surface area (Å²) in [6, 6.07) is 24.9. The minimum atomic E-state index is 0.670. The molecule has 4 aromatic rings. The Hall–Kier alpha value is -3.72.